The fourth-order valence-corrected chi connectivity index (χ4v) is 1.45. The van der Waals surface area contributed by atoms with Crippen LogP contribution in [0, 0.1) is 0 Å². The largest absolute Gasteiger partial charge is 0.347 e. The number of hydrogen-bond donors (Lipinski definition) is 1. The second-order valence-electron chi connectivity index (χ2n) is 4.16. The van der Waals surface area contributed by atoms with Crippen molar-refractivity contribution in [2.75, 3.05) is 26.0 Å². The van der Waals surface area contributed by atoms with Gasteiger partial charge in [0.2, 0.25) is 5.95 Å². The summed E-state index contributed by atoms with van der Waals surface area (Å²) in [6.07, 6.45) is 1.91. The van der Waals surface area contributed by atoms with Gasteiger partial charge in [-0.15, -0.1) is 0 Å². The van der Waals surface area contributed by atoms with Gasteiger partial charge in [0.25, 0.3) is 0 Å². The molecule has 0 saturated carbocycles. The van der Waals surface area contributed by atoms with E-state index in [1.54, 1.807) is 0 Å². The summed E-state index contributed by atoms with van der Waals surface area (Å²) in [4.78, 5) is 10.8. The van der Waals surface area contributed by atoms with Gasteiger partial charge < -0.3 is 10.2 Å². The standard InChI is InChI=1S/C11H20N4/c1-8(2)10-9(6-12-3)7-13-11(14-10)15(4)5/h7-8,12H,6H2,1-5H3. The summed E-state index contributed by atoms with van der Waals surface area (Å²) in [5.41, 5.74) is 2.31. The van der Waals surface area contributed by atoms with Crippen molar-refractivity contribution in [1.82, 2.24) is 15.3 Å². The molecule has 0 radical (unpaired) electrons. The number of nitrogens with zero attached hydrogens (tertiary/aromatic N) is 3. The second kappa shape index (κ2) is 5.07. The van der Waals surface area contributed by atoms with Gasteiger partial charge in [-0.3, -0.25) is 0 Å². The van der Waals surface area contributed by atoms with Gasteiger partial charge in [-0.2, -0.15) is 0 Å². The number of hydrogen-bond acceptors (Lipinski definition) is 4. The predicted octanol–water partition coefficient (Wildman–Crippen LogP) is 1.39. The van der Waals surface area contributed by atoms with Gasteiger partial charge in [-0.1, -0.05) is 13.8 Å². The van der Waals surface area contributed by atoms with Gasteiger partial charge in [0.05, 0.1) is 5.69 Å². The molecule has 1 N–H and O–H groups in total. The minimum atomic E-state index is 0.426. The fourth-order valence-electron chi connectivity index (χ4n) is 1.45. The lowest BCUT2D eigenvalue weighted by Gasteiger charge is -2.16. The van der Waals surface area contributed by atoms with Gasteiger partial charge in [0.15, 0.2) is 0 Å². The van der Waals surface area contributed by atoms with Crippen molar-refractivity contribution in [3.8, 4) is 0 Å². The lowest BCUT2D eigenvalue weighted by molar-refractivity contribution is 0.738. The van der Waals surface area contributed by atoms with E-state index in [1.807, 2.05) is 32.2 Å². The first-order valence-electron chi connectivity index (χ1n) is 5.24. The van der Waals surface area contributed by atoms with Crippen LogP contribution in [0.1, 0.15) is 31.0 Å². The van der Waals surface area contributed by atoms with Crippen LogP contribution in [-0.4, -0.2) is 31.1 Å². The molecular formula is C11H20N4. The Morgan fingerprint density at radius 1 is 1.40 bits per heavy atom. The van der Waals surface area contributed by atoms with E-state index in [4.69, 9.17) is 0 Å². The Hall–Kier alpha value is -1.16. The van der Waals surface area contributed by atoms with Crippen LogP contribution in [0.5, 0.6) is 0 Å². The van der Waals surface area contributed by atoms with Crippen molar-refractivity contribution >= 4 is 5.95 Å². The van der Waals surface area contributed by atoms with Crippen LogP contribution in [-0.2, 0) is 6.54 Å². The first kappa shape index (κ1) is 11.9. The number of rotatable bonds is 4. The Bertz CT molecular complexity index is 320. The van der Waals surface area contributed by atoms with E-state index < -0.39 is 0 Å². The summed E-state index contributed by atoms with van der Waals surface area (Å²) in [6, 6.07) is 0. The lowest BCUT2D eigenvalue weighted by Crippen LogP contribution is -2.17. The van der Waals surface area contributed by atoms with Crippen molar-refractivity contribution in [3.05, 3.63) is 17.5 Å². The normalized spacial score (nSPS) is 10.8. The third kappa shape index (κ3) is 2.89. The number of nitrogens with one attached hydrogen (secondary N) is 1. The first-order valence-corrected chi connectivity index (χ1v) is 5.24. The van der Waals surface area contributed by atoms with Gasteiger partial charge >= 0.3 is 0 Å². The van der Waals surface area contributed by atoms with Crippen LogP contribution in [0.4, 0.5) is 5.95 Å². The molecule has 0 aliphatic rings. The maximum atomic E-state index is 4.57. The average Bonchev–Trinajstić information content (AvgIpc) is 2.18. The Labute approximate surface area is 91.7 Å². The highest BCUT2D eigenvalue weighted by molar-refractivity contribution is 5.32. The Kier molecular flexibility index (Phi) is 4.03. The van der Waals surface area contributed by atoms with E-state index in [-0.39, 0.29) is 0 Å². The average molecular weight is 208 g/mol. The monoisotopic (exact) mass is 208 g/mol. The molecule has 0 aliphatic carbocycles. The van der Waals surface area contributed by atoms with Crippen LogP contribution in [0.3, 0.4) is 0 Å². The zero-order valence-corrected chi connectivity index (χ0v) is 10.2. The van der Waals surface area contributed by atoms with Crippen molar-refractivity contribution in [1.29, 1.82) is 0 Å². The summed E-state index contributed by atoms with van der Waals surface area (Å²) in [6.45, 7) is 5.13. The maximum Gasteiger partial charge on any atom is 0.225 e. The molecule has 15 heavy (non-hydrogen) atoms. The van der Waals surface area contributed by atoms with E-state index in [0.717, 1.165) is 18.2 Å². The van der Waals surface area contributed by atoms with Crippen LogP contribution in [0.25, 0.3) is 0 Å². The van der Waals surface area contributed by atoms with E-state index in [0.29, 0.717) is 5.92 Å². The second-order valence-corrected chi connectivity index (χ2v) is 4.16. The van der Waals surface area contributed by atoms with E-state index >= 15 is 0 Å². The Balaban J connectivity index is 3.09. The highest BCUT2D eigenvalue weighted by Crippen LogP contribution is 2.18. The summed E-state index contributed by atoms with van der Waals surface area (Å²) in [7, 11) is 5.85. The number of aromatic nitrogens is 2. The molecular weight excluding hydrogens is 188 g/mol. The molecule has 0 saturated heterocycles. The molecule has 0 unspecified atom stereocenters. The van der Waals surface area contributed by atoms with Crippen LogP contribution >= 0.6 is 0 Å². The van der Waals surface area contributed by atoms with E-state index in [1.165, 1.54) is 5.56 Å². The topological polar surface area (TPSA) is 41.1 Å². The van der Waals surface area contributed by atoms with E-state index in [9.17, 15) is 0 Å². The molecule has 4 heteroatoms. The van der Waals surface area contributed by atoms with E-state index in [2.05, 4.69) is 29.1 Å². The molecule has 4 nitrogen and oxygen atoms in total. The van der Waals surface area contributed by atoms with Gasteiger partial charge in [-0.05, 0) is 13.0 Å². The minimum Gasteiger partial charge on any atom is -0.347 e. The van der Waals surface area contributed by atoms with Crippen molar-refractivity contribution < 1.29 is 0 Å². The third-order valence-electron chi connectivity index (χ3n) is 2.20. The van der Waals surface area contributed by atoms with Crippen LogP contribution in [0.15, 0.2) is 6.20 Å². The molecule has 0 amide bonds. The van der Waals surface area contributed by atoms with Crippen LogP contribution in [0.2, 0.25) is 0 Å². The summed E-state index contributed by atoms with van der Waals surface area (Å²) in [5.74, 6) is 1.20. The summed E-state index contributed by atoms with van der Waals surface area (Å²) < 4.78 is 0. The molecule has 0 spiro atoms. The van der Waals surface area contributed by atoms with Crippen molar-refractivity contribution in [3.63, 3.8) is 0 Å². The molecule has 0 bridgehead atoms. The molecule has 1 rings (SSSR count). The highest BCUT2D eigenvalue weighted by atomic mass is 15.2. The van der Waals surface area contributed by atoms with Gasteiger partial charge in [0, 0.05) is 32.4 Å². The maximum absolute atomic E-state index is 4.57. The SMILES string of the molecule is CNCc1cnc(N(C)C)nc1C(C)C. The highest BCUT2D eigenvalue weighted by Gasteiger charge is 2.10. The van der Waals surface area contributed by atoms with Crippen LogP contribution < -0.4 is 10.2 Å². The van der Waals surface area contributed by atoms with Gasteiger partial charge in [-0.25, -0.2) is 9.97 Å². The zero-order chi connectivity index (χ0) is 11.4. The fraction of sp³-hybridized carbons (Fsp3) is 0.636. The Morgan fingerprint density at radius 3 is 2.53 bits per heavy atom. The van der Waals surface area contributed by atoms with Gasteiger partial charge in [0.1, 0.15) is 0 Å². The third-order valence-corrected chi connectivity index (χ3v) is 2.20. The van der Waals surface area contributed by atoms with Crippen molar-refractivity contribution in [2.24, 2.45) is 0 Å². The lowest BCUT2D eigenvalue weighted by atomic mass is 10.1. The minimum absolute atomic E-state index is 0.426. The Morgan fingerprint density at radius 2 is 2.07 bits per heavy atom. The molecule has 0 aliphatic heterocycles. The summed E-state index contributed by atoms with van der Waals surface area (Å²) >= 11 is 0. The van der Waals surface area contributed by atoms with Crippen molar-refractivity contribution in [2.45, 2.75) is 26.3 Å². The number of anilines is 1. The first-order chi connectivity index (χ1) is 7.06. The molecule has 0 aromatic carbocycles. The molecule has 1 aromatic heterocycles. The quantitative estimate of drug-likeness (QED) is 0.811. The molecule has 1 aromatic rings. The predicted molar refractivity (Wildman–Crippen MR) is 63.2 cm³/mol. The smallest absolute Gasteiger partial charge is 0.225 e. The summed E-state index contributed by atoms with van der Waals surface area (Å²) in [5, 5.41) is 3.13. The molecule has 0 fully saturated rings. The molecule has 1 heterocycles. The molecule has 0 atom stereocenters. The molecule has 84 valence electrons. The zero-order valence-electron chi connectivity index (χ0n) is 10.2.